The quantitative estimate of drug-likeness (QED) is 0.106. The van der Waals surface area contributed by atoms with E-state index in [-0.39, 0.29) is 26.5 Å². The molecule has 0 bridgehead atoms. The third kappa shape index (κ3) is 5.66. The molecule has 0 spiro atoms. The fourth-order valence-corrected chi connectivity index (χ4v) is 5.26. The SMILES string of the molecule is CC1(C)c2ccccc2-c2c[c-]c(-c3ccccn3)cc21.[Pt].[S-]/C(=C(\[S-])c1ccccc1)c1ccccc1. The number of pyridine rings is 1. The van der Waals surface area contributed by atoms with Crippen molar-refractivity contribution in [1.82, 2.24) is 4.98 Å². The van der Waals surface area contributed by atoms with E-state index in [0.29, 0.717) is 0 Å². The maximum Gasteiger partial charge on any atom is 0.0160 e. The Bertz CT molecular complexity index is 1500. The van der Waals surface area contributed by atoms with E-state index in [1.54, 1.807) is 0 Å². The van der Waals surface area contributed by atoms with Crippen LogP contribution in [0.5, 0.6) is 0 Å². The molecule has 4 heteroatoms. The van der Waals surface area contributed by atoms with Crippen LogP contribution in [0.3, 0.4) is 0 Å². The molecule has 0 radical (unpaired) electrons. The normalized spacial score (nSPS) is 13.1. The molecule has 192 valence electrons. The van der Waals surface area contributed by atoms with E-state index < -0.39 is 0 Å². The van der Waals surface area contributed by atoms with Gasteiger partial charge in [-0.1, -0.05) is 122 Å². The van der Waals surface area contributed by atoms with Crippen LogP contribution in [-0.2, 0) is 51.7 Å². The first-order valence-corrected chi connectivity index (χ1v) is 13.0. The van der Waals surface area contributed by atoms with Crippen molar-refractivity contribution in [2.75, 3.05) is 0 Å². The number of aromatic nitrogens is 1. The van der Waals surface area contributed by atoms with Crippen molar-refractivity contribution in [3.8, 4) is 22.4 Å². The largest absolute Gasteiger partial charge is 0.781 e. The number of nitrogens with zero attached hydrogens (tertiary/aromatic N) is 1. The summed E-state index contributed by atoms with van der Waals surface area (Å²) in [5.74, 6) is 0. The molecule has 0 N–H and O–H groups in total. The van der Waals surface area contributed by atoms with Crippen molar-refractivity contribution in [1.29, 1.82) is 0 Å². The third-order valence-corrected chi connectivity index (χ3v) is 7.74. The molecule has 38 heavy (non-hydrogen) atoms. The third-order valence-electron chi connectivity index (χ3n) is 6.73. The van der Waals surface area contributed by atoms with Crippen LogP contribution < -0.4 is 0 Å². The number of fused-ring (bicyclic) bond motifs is 3. The van der Waals surface area contributed by atoms with E-state index in [4.69, 9.17) is 25.3 Å². The topological polar surface area (TPSA) is 12.9 Å². The first kappa shape index (κ1) is 27.9. The van der Waals surface area contributed by atoms with Crippen LogP contribution >= 0.6 is 0 Å². The molecule has 0 saturated heterocycles. The Balaban J connectivity index is 0.000000179. The van der Waals surface area contributed by atoms with E-state index >= 15 is 0 Å². The monoisotopic (exact) mass is 707 g/mol. The van der Waals surface area contributed by atoms with Gasteiger partial charge in [-0.2, -0.15) is 9.81 Å². The molecule has 1 nitrogen and oxygen atoms in total. The molecule has 0 unspecified atom stereocenters. The average Bonchev–Trinajstić information content (AvgIpc) is 3.20. The van der Waals surface area contributed by atoms with Crippen LogP contribution in [0, 0.1) is 6.07 Å². The maximum absolute atomic E-state index is 5.38. The minimum atomic E-state index is 0. The molecule has 5 aromatic rings. The zero-order valence-corrected chi connectivity index (χ0v) is 25.0. The molecule has 0 amide bonds. The number of hydrogen-bond acceptors (Lipinski definition) is 3. The Morgan fingerprint density at radius 3 is 1.79 bits per heavy atom. The summed E-state index contributed by atoms with van der Waals surface area (Å²) < 4.78 is 0. The summed E-state index contributed by atoms with van der Waals surface area (Å²) in [6, 6.07) is 42.2. The second kappa shape index (κ2) is 12.2. The van der Waals surface area contributed by atoms with Gasteiger partial charge in [0.2, 0.25) is 0 Å². The van der Waals surface area contributed by atoms with Crippen molar-refractivity contribution in [3.63, 3.8) is 0 Å². The van der Waals surface area contributed by atoms with Gasteiger partial charge in [0.25, 0.3) is 0 Å². The van der Waals surface area contributed by atoms with Gasteiger partial charge in [-0.25, -0.2) is 0 Å². The fraction of sp³-hybridized carbons (Fsp3) is 0.0882. The standard InChI is InChI=1S/C20H16N.C14H12S2.Pt/c1-20(2)17-8-4-3-7-15(17)16-11-10-14(13-18(16)20)19-9-5-6-12-21-19;15-13(11-7-3-1-4-8-11)14(16)12-9-5-2-6-10-12;/h3-9,11-13H,1-2H3;1-10,15-16H;/q-1;;/p-2/b;14-13-;. The molecule has 1 aliphatic carbocycles. The van der Waals surface area contributed by atoms with Crippen LogP contribution in [0.2, 0.25) is 0 Å². The van der Waals surface area contributed by atoms with Crippen molar-refractivity contribution in [3.05, 3.63) is 150 Å². The van der Waals surface area contributed by atoms with Gasteiger partial charge in [-0.3, -0.25) is 0 Å². The van der Waals surface area contributed by atoms with Crippen molar-refractivity contribution >= 4 is 35.1 Å². The molecular weight excluding hydrogens is 682 g/mol. The van der Waals surface area contributed by atoms with Crippen molar-refractivity contribution in [2.45, 2.75) is 19.3 Å². The Labute approximate surface area is 251 Å². The number of benzene rings is 4. The van der Waals surface area contributed by atoms with Gasteiger partial charge in [0.15, 0.2) is 0 Å². The molecule has 6 rings (SSSR count). The molecule has 0 saturated carbocycles. The van der Waals surface area contributed by atoms with E-state index in [2.05, 4.69) is 61.3 Å². The molecule has 0 atom stereocenters. The number of hydrogen-bond donors (Lipinski definition) is 0. The Morgan fingerprint density at radius 1 is 0.658 bits per heavy atom. The van der Waals surface area contributed by atoms with Gasteiger partial charge in [0.05, 0.1) is 0 Å². The Morgan fingerprint density at radius 2 is 1.21 bits per heavy atom. The van der Waals surface area contributed by atoms with Crippen LogP contribution in [-0.4, -0.2) is 4.98 Å². The minimum Gasteiger partial charge on any atom is -0.781 e. The summed E-state index contributed by atoms with van der Waals surface area (Å²) >= 11 is 10.8. The summed E-state index contributed by atoms with van der Waals surface area (Å²) in [6.45, 7) is 4.58. The Kier molecular flexibility index (Phi) is 8.94. The van der Waals surface area contributed by atoms with E-state index in [9.17, 15) is 0 Å². The zero-order valence-electron chi connectivity index (χ0n) is 21.1. The van der Waals surface area contributed by atoms with Crippen molar-refractivity contribution in [2.24, 2.45) is 0 Å². The maximum atomic E-state index is 5.38. The molecule has 0 aliphatic heterocycles. The summed E-state index contributed by atoms with van der Waals surface area (Å²) in [4.78, 5) is 5.92. The molecule has 0 fully saturated rings. The van der Waals surface area contributed by atoms with Gasteiger partial charge >= 0.3 is 0 Å². The summed E-state index contributed by atoms with van der Waals surface area (Å²) in [5.41, 5.74) is 9.48. The summed E-state index contributed by atoms with van der Waals surface area (Å²) in [5, 5.41) is 0. The predicted octanol–water partition coefficient (Wildman–Crippen LogP) is 8.46. The fourth-order valence-electron chi connectivity index (χ4n) is 4.75. The van der Waals surface area contributed by atoms with Gasteiger partial charge < -0.3 is 30.2 Å². The first-order valence-electron chi connectivity index (χ1n) is 12.2. The van der Waals surface area contributed by atoms with Gasteiger partial charge in [-0.05, 0) is 33.9 Å². The smallest absolute Gasteiger partial charge is 0.0160 e. The summed E-state index contributed by atoms with van der Waals surface area (Å²) in [6.07, 6.45) is 1.83. The van der Waals surface area contributed by atoms with Gasteiger partial charge in [0.1, 0.15) is 0 Å². The molecule has 1 aliphatic rings. The van der Waals surface area contributed by atoms with Crippen LogP contribution in [0.1, 0.15) is 36.1 Å². The second-order valence-electron chi connectivity index (χ2n) is 9.45. The number of rotatable bonds is 3. The van der Waals surface area contributed by atoms with Gasteiger partial charge in [-0.15, -0.1) is 29.3 Å². The van der Waals surface area contributed by atoms with E-state index in [1.165, 1.54) is 22.3 Å². The first-order chi connectivity index (χ1) is 18.0. The van der Waals surface area contributed by atoms with Crippen LogP contribution in [0.15, 0.2) is 121 Å². The van der Waals surface area contributed by atoms with Crippen LogP contribution in [0.25, 0.3) is 32.2 Å². The minimum absolute atomic E-state index is 0. The van der Waals surface area contributed by atoms with E-state index in [1.807, 2.05) is 85.1 Å². The van der Waals surface area contributed by atoms with Crippen molar-refractivity contribution < 1.29 is 21.1 Å². The summed E-state index contributed by atoms with van der Waals surface area (Å²) in [7, 11) is 0. The van der Waals surface area contributed by atoms with E-state index in [0.717, 1.165) is 32.2 Å². The van der Waals surface area contributed by atoms with Gasteiger partial charge in [0, 0.05) is 27.3 Å². The molecule has 1 aromatic heterocycles. The zero-order chi connectivity index (χ0) is 25.8. The molecule has 1 heterocycles. The van der Waals surface area contributed by atoms with Crippen LogP contribution in [0.4, 0.5) is 0 Å². The molecule has 4 aromatic carbocycles. The predicted molar refractivity (Wildman–Crippen MR) is 161 cm³/mol. The second-order valence-corrected chi connectivity index (χ2v) is 10.3. The molecular formula is C34H26NPtS2-3. The Hall–Kier alpha value is -3.10. The average molecular weight is 708 g/mol.